The second-order valence-corrected chi connectivity index (χ2v) is 8.04. The first-order chi connectivity index (χ1) is 13.3. The molecule has 0 radical (unpaired) electrons. The maximum absolute atomic E-state index is 12.9. The van der Waals surface area contributed by atoms with E-state index in [0.29, 0.717) is 16.9 Å². The fourth-order valence-corrected chi connectivity index (χ4v) is 3.89. The summed E-state index contributed by atoms with van der Waals surface area (Å²) < 4.78 is 40.9. The number of rotatable bonds is 5. The van der Waals surface area contributed by atoms with Crippen molar-refractivity contribution < 1.29 is 17.6 Å². The Hall–Kier alpha value is -3.19. The van der Waals surface area contributed by atoms with E-state index in [1.54, 1.807) is 0 Å². The molecule has 0 aromatic heterocycles. The Kier molecular flexibility index (Phi) is 5.46. The van der Waals surface area contributed by atoms with Gasteiger partial charge in [-0.25, -0.2) is 12.8 Å². The van der Waals surface area contributed by atoms with Crippen LogP contribution >= 0.6 is 0 Å². The van der Waals surface area contributed by atoms with Crippen LogP contribution in [-0.4, -0.2) is 14.3 Å². The van der Waals surface area contributed by atoms with Crippen LogP contribution in [0.1, 0.15) is 21.5 Å². The second-order valence-electron chi connectivity index (χ2n) is 6.36. The van der Waals surface area contributed by atoms with Crippen molar-refractivity contribution in [2.75, 3.05) is 10.0 Å². The van der Waals surface area contributed by atoms with Gasteiger partial charge in [-0.1, -0.05) is 18.2 Å². The summed E-state index contributed by atoms with van der Waals surface area (Å²) >= 11 is 0. The number of halogens is 1. The number of anilines is 2. The molecule has 144 valence electrons. The number of sulfonamides is 1. The first-order valence-corrected chi connectivity index (χ1v) is 10.0. The zero-order chi connectivity index (χ0) is 20.3. The van der Waals surface area contributed by atoms with Crippen molar-refractivity contribution >= 4 is 27.3 Å². The van der Waals surface area contributed by atoms with Gasteiger partial charge in [0.1, 0.15) is 5.82 Å². The van der Waals surface area contributed by atoms with Crippen molar-refractivity contribution in [2.45, 2.75) is 18.7 Å². The summed E-state index contributed by atoms with van der Waals surface area (Å²) in [6, 6.07) is 16.5. The minimum absolute atomic E-state index is 0.0786. The molecule has 0 fully saturated rings. The van der Waals surface area contributed by atoms with Gasteiger partial charge in [0.15, 0.2) is 0 Å². The first-order valence-electron chi connectivity index (χ1n) is 8.52. The topological polar surface area (TPSA) is 75.3 Å². The van der Waals surface area contributed by atoms with Gasteiger partial charge in [0, 0.05) is 11.3 Å². The van der Waals surface area contributed by atoms with Crippen LogP contribution in [0.4, 0.5) is 15.8 Å². The Morgan fingerprint density at radius 1 is 0.857 bits per heavy atom. The maximum Gasteiger partial charge on any atom is 0.261 e. The maximum atomic E-state index is 12.9. The van der Waals surface area contributed by atoms with Gasteiger partial charge in [-0.05, 0) is 73.5 Å². The monoisotopic (exact) mass is 398 g/mol. The summed E-state index contributed by atoms with van der Waals surface area (Å²) in [5.41, 5.74) is 2.94. The standard InChI is InChI=1S/C21H19FN2O3S/c1-14-4-3-5-15(2)20(14)24-28(26,27)19-12-10-18(11-13-19)23-21(25)16-6-8-17(22)9-7-16/h3-13,24H,1-2H3,(H,23,25). The number of hydrogen-bond acceptors (Lipinski definition) is 3. The van der Waals surface area contributed by atoms with Crippen molar-refractivity contribution in [3.8, 4) is 0 Å². The van der Waals surface area contributed by atoms with E-state index in [1.165, 1.54) is 48.5 Å². The van der Waals surface area contributed by atoms with Crippen LogP contribution in [0.15, 0.2) is 71.6 Å². The Morgan fingerprint density at radius 3 is 2.00 bits per heavy atom. The fraction of sp³-hybridized carbons (Fsp3) is 0.0952. The van der Waals surface area contributed by atoms with Gasteiger partial charge in [0.2, 0.25) is 0 Å². The lowest BCUT2D eigenvalue weighted by atomic mass is 10.1. The molecule has 7 heteroatoms. The van der Waals surface area contributed by atoms with E-state index in [9.17, 15) is 17.6 Å². The van der Waals surface area contributed by atoms with Crippen LogP contribution in [0.2, 0.25) is 0 Å². The highest BCUT2D eigenvalue weighted by molar-refractivity contribution is 7.92. The second kappa shape index (κ2) is 7.82. The summed E-state index contributed by atoms with van der Waals surface area (Å²) in [5, 5.41) is 2.65. The van der Waals surface area contributed by atoms with E-state index in [-0.39, 0.29) is 4.90 Å². The Balaban J connectivity index is 1.76. The van der Waals surface area contributed by atoms with Crippen LogP contribution in [-0.2, 0) is 10.0 Å². The largest absolute Gasteiger partial charge is 0.322 e. The molecule has 3 aromatic carbocycles. The molecular weight excluding hydrogens is 379 g/mol. The average Bonchev–Trinajstić information content (AvgIpc) is 2.66. The molecule has 5 nitrogen and oxygen atoms in total. The average molecular weight is 398 g/mol. The molecule has 3 aromatic rings. The number of hydrogen-bond donors (Lipinski definition) is 2. The summed E-state index contributed by atoms with van der Waals surface area (Å²) in [6.45, 7) is 3.66. The molecular formula is C21H19FN2O3S. The number of benzene rings is 3. The first kappa shape index (κ1) is 19.6. The molecule has 0 saturated heterocycles. The van der Waals surface area contributed by atoms with Gasteiger partial charge in [0.05, 0.1) is 10.6 Å². The summed E-state index contributed by atoms with van der Waals surface area (Å²) in [6.07, 6.45) is 0. The number of para-hydroxylation sites is 1. The van der Waals surface area contributed by atoms with Gasteiger partial charge in [-0.3, -0.25) is 9.52 Å². The van der Waals surface area contributed by atoms with Crippen molar-refractivity contribution in [1.82, 2.24) is 0 Å². The molecule has 0 aliphatic carbocycles. The van der Waals surface area contributed by atoms with Crippen molar-refractivity contribution in [3.05, 3.63) is 89.2 Å². The van der Waals surface area contributed by atoms with Crippen LogP contribution in [0, 0.1) is 19.7 Å². The minimum atomic E-state index is -3.76. The minimum Gasteiger partial charge on any atom is -0.322 e. The molecule has 0 spiro atoms. The molecule has 3 rings (SSSR count). The molecule has 1 amide bonds. The van der Waals surface area contributed by atoms with Crippen LogP contribution in [0.25, 0.3) is 0 Å². The number of aryl methyl sites for hydroxylation is 2. The van der Waals surface area contributed by atoms with E-state index >= 15 is 0 Å². The highest BCUT2D eigenvalue weighted by Gasteiger charge is 2.16. The highest BCUT2D eigenvalue weighted by Crippen LogP contribution is 2.24. The molecule has 0 bridgehead atoms. The number of amides is 1. The van der Waals surface area contributed by atoms with Crippen molar-refractivity contribution in [1.29, 1.82) is 0 Å². The quantitative estimate of drug-likeness (QED) is 0.665. The van der Waals surface area contributed by atoms with Gasteiger partial charge in [-0.2, -0.15) is 0 Å². The lowest BCUT2D eigenvalue weighted by Crippen LogP contribution is -2.15. The molecule has 0 aliphatic rings. The molecule has 0 aliphatic heterocycles. The molecule has 0 saturated carbocycles. The van der Waals surface area contributed by atoms with E-state index in [2.05, 4.69) is 10.0 Å². The van der Waals surface area contributed by atoms with Crippen molar-refractivity contribution in [3.63, 3.8) is 0 Å². The van der Waals surface area contributed by atoms with Crippen LogP contribution < -0.4 is 10.0 Å². The van der Waals surface area contributed by atoms with Crippen molar-refractivity contribution in [2.24, 2.45) is 0 Å². The third kappa shape index (κ3) is 4.37. The van der Waals surface area contributed by atoms with Gasteiger partial charge < -0.3 is 5.32 Å². The lowest BCUT2D eigenvalue weighted by Gasteiger charge is -2.13. The molecule has 2 N–H and O–H groups in total. The molecule has 0 unspecified atom stereocenters. The fourth-order valence-electron chi connectivity index (χ4n) is 2.69. The summed E-state index contributed by atoms with van der Waals surface area (Å²) in [5.74, 6) is -0.841. The van der Waals surface area contributed by atoms with Gasteiger partial charge in [-0.15, -0.1) is 0 Å². The third-order valence-corrected chi connectivity index (χ3v) is 5.61. The Morgan fingerprint density at radius 2 is 1.43 bits per heavy atom. The van der Waals surface area contributed by atoms with E-state index < -0.39 is 21.7 Å². The Bertz CT molecular complexity index is 1090. The molecule has 0 atom stereocenters. The van der Waals surface area contributed by atoms with Crippen LogP contribution in [0.5, 0.6) is 0 Å². The molecule has 28 heavy (non-hydrogen) atoms. The number of carbonyl (C=O) groups is 1. The summed E-state index contributed by atoms with van der Waals surface area (Å²) in [7, 11) is -3.76. The Labute approximate surface area is 163 Å². The van der Waals surface area contributed by atoms with Crippen LogP contribution in [0.3, 0.4) is 0 Å². The van der Waals surface area contributed by atoms with Gasteiger partial charge in [0.25, 0.3) is 15.9 Å². The van der Waals surface area contributed by atoms with E-state index in [0.717, 1.165) is 11.1 Å². The number of nitrogens with one attached hydrogen (secondary N) is 2. The third-order valence-electron chi connectivity index (χ3n) is 4.25. The highest BCUT2D eigenvalue weighted by atomic mass is 32.2. The zero-order valence-corrected chi connectivity index (χ0v) is 16.2. The van der Waals surface area contributed by atoms with E-state index in [4.69, 9.17) is 0 Å². The lowest BCUT2D eigenvalue weighted by molar-refractivity contribution is 0.102. The zero-order valence-electron chi connectivity index (χ0n) is 15.4. The summed E-state index contributed by atoms with van der Waals surface area (Å²) in [4.78, 5) is 12.2. The smallest absolute Gasteiger partial charge is 0.261 e. The number of carbonyl (C=O) groups excluding carboxylic acids is 1. The van der Waals surface area contributed by atoms with Gasteiger partial charge >= 0.3 is 0 Å². The molecule has 0 heterocycles. The normalized spacial score (nSPS) is 11.1. The SMILES string of the molecule is Cc1cccc(C)c1NS(=O)(=O)c1ccc(NC(=O)c2ccc(F)cc2)cc1. The predicted octanol–water partition coefficient (Wildman–Crippen LogP) is 4.50. The van der Waals surface area contributed by atoms with E-state index in [1.807, 2.05) is 32.0 Å². The predicted molar refractivity (Wildman–Crippen MR) is 108 cm³/mol.